The monoisotopic (exact) mass is 166 g/mol. The molecule has 68 valence electrons. The van der Waals surface area contributed by atoms with Gasteiger partial charge in [0.15, 0.2) is 0 Å². The van der Waals surface area contributed by atoms with Gasteiger partial charge in [0.25, 0.3) is 0 Å². The third kappa shape index (κ3) is 1.89. The van der Waals surface area contributed by atoms with E-state index in [9.17, 15) is 0 Å². The third-order valence-electron chi connectivity index (χ3n) is 2.25. The SMILES string of the molecule is CCNCc1ccc(CC)n1C. The summed E-state index contributed by atoms with van der Waals surface area (Å²) >= 11 is 0. The molecule has 0 saturated carbocycles. The van der Waals surface area contributed by atoms with Crippen molar-refractivity contribution in [3.05, 3.63) is 23.5 Å². The van der Waals surface area contributed by atoms with E-state index in [0.717, 1.165) is 19.5 Å². The minimum absolute atomic E-state index is 0.979. The first-order chi connectivity index (χ1) is 5.79. The van der Waals surface area contributed by atoms with Gasteiger partial charge in [0, 0.05) is 25.0 Å². The highest BCUT2D eigenvalue weighted by Crippen LogP contribution is 2.07. The number of hydrogen-bond donors (Lipinski definition) is 1. The zero-order chi connectivity index (χ0) is 8.97. The van der Waals surface area contributed by atoms with Crippen molar-refractivity contribution in [3.8, 4) is 0 Å². The van der Waals surface area contributed by atoms with Crippen LogP contribution in [0.3, 0.4) is 0 Å². The van der Waals surface area contributed by atoms with E-state index in [2.05, 4.69) is 42.9 Å². The predicted octanol–water partition coefficient (Wildman–Crippen LogP) is 1.70. The average molecular weight is 166 g/mol. The molecule has 0 aliphatic heterocycles. The molecule has 1 N–H and O–H groups in total. The maximum atomic E-state index is 3.32. The fraction of sp³-hybridized carbons (Fsp3) is 0.600. The maximum Gasteiger partial charge on any atom is 0.0359 e. The Labute approximate surface area is 74.6 Å². The molecular weight excluding hydrogens is 148 g/mol. The third-order valence-corrected chi connectivity index (χ3v) is 2.25. The van der Waals surface area contributed by atoms with Gasteiger partial charge in [-0.05, 0) is 25.1 Å². The molecule has 0 atom stereocenters. The zero-order valence-electron chi connectivity index (χ0n) is 8.22. The predicted molar refractivity (Wildman–Crippen MR) is 52.2 cm³/mol. The van der Waals surface area contributed by atoms with Gasteiger partial charge in [-0.2, -0.15) is 0 Å². The van der Waals surface area contributed by atoms with E-state index in [4.69, 9.17) is 0 Å². The van der Waals surface area contributed by atoms with Crippen molar-refractivity contribution in [2.45, 2.75) is 26.8 Å². The highest BCUT2D eigenvalue weighted by molar-refractivity contribution is 5.15. The van der Waals surface area contributed by atoms with Gasteiger partial charge in [-0.15, -0.1) is 0 Å². The van der Waals surface area contributed by atoms with Crippen LogP contribution in [0.15, 0.2) is 12.1 Å². The largest absolute Gasteiger partial charge is 0.350 e. The highest BCUT2D eigenvalue weighted by atomic mass is 15.0. The molecule has 2 heteroatoms. The van der Waals surface area contributed by atoms with Crippen LogP contribution < -0.4 is 5.32 Å². The molecule has 0 amide bonds. The lowest BCUT2D eigenvalue weighted by Crippen LogP contribution is -2.14. The van der Waals surface area contributed by atoms with Gasteiger partial charge in [0.1, 0.15) is 0 Å². The van der Waals surface area contributed by atoms with Crippen molar-refractivity contribution in [2.75, 3.05) is 6.54 Å². The number of nitrogens with zero attached hydrogens (tertiary/aromatic N) is 1. The van der Waals surface area contributed by atoms with Crippen LogP contribution in [-0.2, 0) is 20.0 Å². The zero-order valence-corrected chi connectivity index (χ0v) is 8.22. The average Bonchev–Trinajstić information content (AvgIpc) is 2.43. The molecule has 1 aromatic heterocycles. The molecule has 0 aliphatic rings. The van der Waals surface area contributed by atoms with Crippen LogP contribution in [0, 0.1) is 0 Å². The summed E-state index contributed by atoms with van der Waals surface area (Å²) in [4.78, 5) is 0. The van der Waals surface area contributed by atoms with E-state index in [-0.39, 0.29) is 0 Å². The van der Waals surface area contributed by atoms with Crippen molar-refractivity contribution in [1.29, 1.82) is 0 Å². The smallest absolute Gasteiger partial charge is 0.0359 e. The van der Waals surface area contributed by atoms with Crippen LogP contribution in [0.1, 0.15) is 25.2 Å². The minimum Gasteiger partial charge on any atom is -0.350 e. The molecule has 0 radical (unpaired) electrons. The first-order valence-corrected chi connectivity index (χ1v) is 4.63. The van der Waals surface area contributed by atoms with Gasteiger partial charge in [-0.25, -0.2) is 0 Å². The summed E-state index contributed by atoms with van der Waals surface area (Å²) < 4.78 is 2.27. The van der Waals surface area contributed by atoms with Gasteiger partial charge < -0.3 is 9.88 Å². The normalized spacial score (nSPS) is 10.6. The molecular formula is C10H18N2. The summed E-state index contributed by atoms with van der Waals surface area (Å²) in [6.07, 6.45) is 1.11. The fourth-order valence-corrected chi connectivity index (χ4v) is 1.39. The molecule has 0 aromatic carbocycles. The highest BCUT2D eigenvalue weighted by Gasteiger charge is 2.00. The van der Waals surface area contributed by atoms with Gasteiger partial charge >= 0.3 is 0 Å². The number of nitrogens with one attached hydrogen (secondary N) is 1. The molecule has 0 fully saturated rings. The van der Waals surface area contributed by atoms with Gasteiger partial charge in [0.05, 0.1) is 0 Å². The Kier molecular flexibility index (Phi) is 3.35. The molecule has 0 unspecified atom stereocenters. The Balaban J connectivity index is 2.66. The number of rotatable bonds is 4. The molecule has 12 heavy (non-hydrogen) atoms. The minimum atomic E-state index is 0.979. The lowest BCUT2D eigenvalue weighted by atomic mass is 10.3. The van der Waals surface area contributed by atoms with Gasteiger partial charge in [-0.1, -0.05) is 13.8 Å². The molecule has 1 aromatic rings. The fourth-order valence-electron chi connectivity index (χ4n) is 1.39. The van der Waals surface area contributed by atoms with E-state index in [1.807, 2.05) is 0 Å². The van der Waals surface area contributed by atoms with Crippen molar-refractivity contribution in [2.24, 2.45) is 7.05 Å². The second-order valence-corrected chi connectivity index (χ2v) is 3.01. The summed E-state index contributed by atoms with van der Waals surface area (Å²) in [5, 5.41) is 3.32. The Morgan fingerprint density at radius 2 is 1.92 bits per heavy atom. The van der Waals surface area contributed by atoms with Crippen LogP contribution in [0.4, 0.5) is 0 Å². The summed E-state index contributed by atoms with van der Waals surface area (Å²) in [7, 11) is 2.13. The van der Waals surface area contributed by atoms with Crippen LogP contribution in [0.5, 0.6) is 0 Å². The van der Waals surface area contributed by atoms with Crippen molar-refractivity contribution < 1.29 is 0 Å². The van der Waals surface area contributed by atoms with Gasteiger partial charge in [-0.3, -0.25) is 0 Å². The summed E-state index contributed by atoms with van der Waals surface area (Å²) in [5.41, 5.74) is 2.77. The Morgan fingerprint density at radius 3 is 2.42 bits per heavy atom. The Hall–Kier alpha value is -0.760. The van der Waals surface area contributed by atoms with Crippen LogP contribution in [0.2, 0.25) is 0 Å². The lowest BCUT2D eigenvalue weighted by molar-refractivity contribution is 0.668. The lowest BCUT2D eigenvalue weighted by Gasteiger charge is -2.06. The van der Waals surface area contributed by atoms with E-state index >= 15 is 0 Å². The number of aromatic nitrogens is 1. The molecule has 1 rings (SSSR count). The molecule has 2 nitrogen and oxygen atoms in total. The second-order valence-electron chi connectivity index (χ2n) is 3.01. The molecule has 0 spiro atoms. The number of hydrogen-bond acceptors (Lipinski definition) is 1. The summed E-state index contributed by atoms with van der Waals surface area (Å²) in [6.45, 7) is 6.33. The Bertz CT molecular complexity index is 238. The van der Waals surface area contributed by atoms with Crippen molar-refractivity contribution in [3.63, 3.8) is 0 Å². The van der Waals surface area contributed by atoms with E-state index in [1.165, 1.54) is 11.4 Å². The molecule has 1 heterocycles. The van der Waals surface area contributed by atoms with Crippen molar-refractivity contribution >= 4 is 0 Å². The first-order valence-electron chi connectivity index (χ1n) is 4.63. The molecule has 0 aliphatic carbocycles. The standard InChI is InChI=1S/C10H18N2/c1-4-9-6-7-10(12(9)3)8-11-5-2/h6-7,11H,4-5,8H2,1-3H3. The van der Waals surface area contributed by atoms with Crippen LogP contribution in [-0.4, -0.2) is 11.1 Å². The molecule has 0 saturated heterocycles. The van der Waals surface area contributed by atoms with Crippen molar-refractivity contribution in [1.82, 2.24) is 9.88 Å². The summed E-state index contributed by atoms with van der Waals surface area (Å²) in [6, 6.07) is 4.40. The Morgan fingerprint density at radius 1 is 1.25 bits per heavy atom. The topological polar surface area (TPSA) is 17.0 Å². The van der Waals surface area contributed by atoms with Crippen LogP contribution in [0.25, 0.3) is 0 Å². The quantitative estimate of drug-likeness (QED) is 0.720. The number of aryl methyl sites for hydroxylation is 1. The van der Waals surface area contributed by atoms with Gasteiger partial charge in [0.2, 0.25) is 0 Å². The van der Waals surface area contributed by atoms with E-state index in [0.29, 0.717) is 0 Å². The first kappa shape index (κ1) is 9.33. The molecule has 0 bridgehead atoms. The van der Waals surface area contributed by atoms with E-state index in [1.54, 1.807) is 0 Å². The van der Waals surface area contributed by atoms with Crippen LogP contribution >= 0.6 is 0 Å². The second kappa shape index (κ2) is 4.31. The summed E-state index contributed by atoms with van der Waals surface area (Å²) in [5.74, 6) is 0. The van der Waals surface area contributed by atoms with E-state index < -0.39 is 0 Å². The maximum absolute atomic E-state index is 3.32.